The van der Waals surface area contributed by atoms with Crippen molar-refractivity contribution in [3.05, 3.63) is 50.2 Å². The molecule has 0 radical (unpaired) electrons. The Morgan fingerprint density at radius 2 is 2.16 bits per heavy atom. The molecular formula is C17H11ClN2O3S2. The van der Waals surface area contributed by atoms with Crippen molar-refractivity contribution in [2.24, 2.45) is 0 Å². The Labute approximate surface area is 156 Å². The minimum atomic E-state index is -1.04. The first-order valence-electron chi connectivity index (χ1n) is 7.19. The number of esters is 1. The second-order valence-electron chi connectivity index (χ2n) is 5.17. The number of carbonyl (C=O) groups excluding carboxylic acids is 2. The second-order valence-corrected chi connectivity index (χ2v) is 7.49. The van der Waals surface area contributed by atoms with Crippen LogP contribution in [0, 0.1) is 18.3 Å². The van der Waals surface area contributed by atoms with E-state index in [4.69, 9.17) is 16.3 Å². The molecule has 0 saturated heterocycles. The van der Waals surface area contributed by atoms with Gasteiger partial charge in [-0.2, -0.15) is 5.26 Å². The number of aryl methyl sites for hydroxylation is 1. The number of halogens is 1. The van der Waals surface area contributed by atoms with Crippen LogP contribution < -0.4 is 0 Å². The average Bonchev–Trinajstić information content (AvgIpc) is 3.18. The lowest BCUT2D eigenvalue weighted by molar-refractivity contribution is -0.122. The first-order chi connectivity index (χ1) is 12.0. The zero-order valence-corrected chi connectivity index (χ0v) is 15.4. The summed E-state index contributed by atoms with van der Waals surface area (Å²) < 4.78 is 5.93. The number of nitrogens with zero attached hydrogens (tertiary/aromatic N) is 2. The van der Waals surface area contributed by atoms with Gasteiger partial charge in [-0.3, -0.25) is 4.79 Å². The van der Waals surface area contributed by atoms with Gasteiger partial charge in [-0.1, -0.05) is 29.8 Å². The van der Waals surface area contributed by atoms with E-state index >= 15 is 0 Å². The number of Topliss-reactive ketones (excluding diaryl/α,β-unsaturated/α-hetero) is 1. The predicted octanol–water partition coefficient (Wildman–Crippen LogP) is 4.35. The van der Waals surface area contributed by atoms with E-state index in [1.807, 2.05) is 30.3 Å². The maximum Gasteiger partial charge on any atom is 0.350 e. The minimum absolute atomic E-state index is 0.245. The van der Waals surface area contributed by atoms with Gasteiger partial charge in [-0.15, -0.1) is 22.7 Å². The van der Waals surface area contributed by atoms with Crippen molar-refractivity contribution in [2.45, 2.75) is 12.8 Å². The number of hydrogen-bond acceptors (Lipinski definition) is 7. The quantitative estimate of drug-likeness (QED) is 0.605. The summed E-state index contributed by atoms with van der Waals surface area (Å²) >= 11 is 8.66. The van der Waals surface area contributed by atoms with E-state index in [1.54, 1.807) is 12.3 Å². The Balaban J connectivity index is 1.71. The monoisotopic (exact) mass is 390 g/mol. The summed E-state index contributed by atoms with van der Waals surface area (Å²) in [5.41, 5.74) is 0.738. The SMILES string of the molecule is Cc1csc(C(C#N)C(=O)COC(=O)c2sc3ccccc3c2Cl)n1. The van der Waals surface area contributed by atoms with Crippen LogP contribution >= 0.6 is 34.3 Å². The van der Waals surface area contributed by atoms with Crippen LogP contribution in [-0.4, -0.2) is 23.3 Å². The molecule has 0 aliphatic heterocycles. The van der Waals surface area contributed by atoms with Gasteiger partial charge in [0.15, 0.2) is 18.3 Å². The fourth-order valence-corrected chi connectivity index (χ4v) is 4.46. The van der Waals surface area contributed by atoms with Crippen LogP contribution in [0.15, 0.2) is 29.6 Å². The number of fused-ring (bicyclic) bond motifs is 1. The molecule has 0 spiro atoms. The third-order valence-electron chi connectivity index (χ3n) is 3.40. The van der Waals surface area contributed by atoms with Gasteiger partial charge in [-0.05, 0) is 13.0 Å². The van der Waals surface area contributed by atoms with Crippen LogP contribution in [0.25, 0.3) is 10.1 Å². The minimum Gasteiger partial charge on any atom is -0.453 e. The van der Waals surface area contributed by atoms with Crippen molar-refractivity contribution in [3.8, 4) is 6.07 Å². The van der Waals surface area contributed by atoms with E-state index in [9.17, 15) is 14.9 Å². The van der Waals surface area contributed by atoms with E-state index in [0.717, 1.165) is 15.8 Å². The van der Waals surface area contributed by atoms with Gasteiger partial charge in [0, 0.05) is 21.2 Å². The number of benzene rings is 1. The lowest BCUT2D eigenvalue weighted by atomic mass is 10.1. The summed E-state index contributed by atoms with van der Waals surface area (Å²) in [6.07, 6.45) is 0. The molecule has 25 heavy (non-hydrogen) atoms. The number of nitriles is 1. The van der Waals surface area contributed by atoms with E-state index in [2.05, 4.69) is 4.98 Å². The molecule has 126 valence electrons. The molecule has 0 amide bonds. The van der Waals surface area contributed by atoms with Gasteiger partial charge >= 0.3 is 5.97 Å². The zero-order valence-electron chi connectivity index (χ0n) is 13.0. The second kappa shape index (κ2) is 7.31. The molecule has 0 aliphatic rings. The van der Waals surface area contributed by atoms with E-state index in [1.165, 1.54) is 22.7 Å². The van der Waals surface area contributed by atoms with Crippen LogP contribution in [0.5, 0.6) is 0 Å². The largest absolute Gasteiger partial charge is 0.453 e. The highest BCUT2D eigenvalue weighted by Gasteiger charge is 2.26. The third-order valence-corrected chi connectivity index (χ3v) is 6.08. The topological polar surface area (TPSA) is 80.0 Å². The Bertz CT molecular complexity index is 1000. The predicted molar refractivity (Wildman–Crippen MR) is 97.3 cm³/mol. The van der Waals surface area contributed by atoms with Crippen molar-refractivity contribution >= 4 is 56.1 Å². The van der Waals surface area contributed by atoms with Crippen molar-refractivity contribution in [1.82, 2.24) is 4.98 Å². The van der Waals surface area contributed by atoms with E-state index in [-0.39, 0.29) is 4.88 Å². The van der Waals surface area contributed by atoms with Gasteiger partial charge < -0.3 is 4.74 Å². The summed E-state index contributed by atoms with van der Waals surface area (Å²) in [6.45, 7) is 1.28. The lowest BCUT2D eigenvalue weighted by Gasteiger charge is -2.06. The van der Waals surface area contributed by atoms with Gasteiger partial charge in [0.2, 0.25) is 0 Å². The average molecular weight is 391 g/mol. The molecule has 0 bridgehead atoms. The number of rotatable bonds is 5. The molecule has 3 rings (SSSR count). The molecule has 2 aromatic heterocycles. The Morgan fingerprint density at radius 3 is 2.80 bits per heavy atom. The lowest BCUT2D eigenvalue weighted by Crippen LogP contribution is -2.19. The van der Waals surface area contributed by atoms with Crippen LogP contribution in [0.1, 0.15) is 26.3 Å². The van der Waals surface area contributed by atoms with Crippen LogP contribution in [0.2, 0.25) is 5.02 Å². The van der Waals surface area contributed by atoms with Crippen molar-refractivity contribution < 1.29 is 14.3 Å². The number of thiophene rings is 1. The zero-order chi connectivity index (χ0) is 18.0. The fourth-order valence-electron chi connectivity index (χ4n) is 2.20. The molecule has 2 heterocycles. The molecule has 0 fully saturated rings. The number of aromatic nitrogens is 1. The summed E-state index contributed by atoms with van der Waals surface area (Å²) in [4.78, 5) is 28.9. The Morgan fingerprint density at radius 1 is 1.40 bits per heavy atom. The number of carbonyl (C=O) groups is 2. The van der Waals surface area contributed by atoms with Gasteiger partial charge in [0.05, 0.1) is 11.1 Å². The molecule has 0 aliphatic carbocycles. The normalized spacial score (nSPS) is 11.9. The summed E-state index contributed by atoms with van der Waals surface area (Å²) in [5.74, 6) is -2.22. The van der Waals surface area contributed by atoms with Gasteiger partial charge in [0.25, 0.3) is 0 Å². The summed E-state index contributed by atoms with van der Waals surface area (Å²) in [5, 5.41) is 12.5. The number of hydrogen-bond donors (Lipinski definition) is 0. The molecule has 0 saturated carbocycles. The first-order valence-corrected chi connectivity index (χ1v) is 9.27. The van der Waals surface area contributed by atoms with Gasteiger partial charge in [-0.25, -0.2) is 9.78 Å². The van der Waals surface area contributed by atoms with Crippen molar-refractivity contribution in [2.75, 3.05) is 6.61 Å². The first kappa shape index (κ1) is 17.5. The molecule has 1 atom stereocenters. The fraction of sp³-hybridized carbons (Fsp3) is 0.176. The highest BCUT2D eigenvalue weighted by Crippen LogP contribution is 2.35. The van der Waals surface area contributed by atoms with Gasteiger partial charge in [0.1, 0.15) is 9.88 Å². The standard InChI is InChI=1S/C17H11ClN2O3S2/c1-9-8-24-16(20-9)11(6-19)12(21)7-23-17(22)15-14(18)10-4-2-3-5-13(10)25-15/h2-5,8,11H,7H2,1H3. The summed E-state index contributed by atoms with van der Waals surface area (Å²) in [7, 11) is 0. The van der Waals surface area contributed by atoms with Crippen molar-refractivity contribution in [1.29, 1.82) is 5.26 Å². The van der Waals surface area contributed by atoms with E-state index in [0.29, 0.717) is 10.0 Å². The van der Waals surface area contributed by atoms with Crippen molar-refractivity contribution in [3.63, 3.8) is 0 Å². The summed E-state index contributed by atoms with van der Waals surface area (Å²) in [6, 6.07) is 9.25. The Hall–Kier alpha value is -2.27. The molecule has 0 N–H and O–H groups in total. The highest BCUT2D eigenvalue weighted by molar-refractivity contribution is 7.21. The molecule has 3 aromatic rings. The molecule has 8 heteroatoms. The van der Waals surface area contributed by atoms with E-state index < -0.39 is 24.3 Å². The maximum absolute atomic E-state index is 12.2. The van der Waals surface area contributed by atoms with Crippen LogP contribution in [0.4, 0.5) is 0 Å². The Kier molecular flexibility index (Phi) is 5.13. The number of ketones is 1. The molecular weight excluding hydrogens is 380 g/mol. The van der Waals surface area contributed by atoms with Crippen LogP contribution in [0.3, 0.4) is 0 Å². The number of thiazole rings is 1. The van der Waals surface area contributed by atoms with Crippen LogP contribution in [-0.2, 0) is 9.53 Å². The molecule has 1 aromatic carbocycles. The number of ether oxygens (including phenoxy) is 1. The highest BCUT2D eigenvalue weighted by atomic mass is 35.5. The molecule has 5 nitrogen and oxygen atoms in total. The smallest absolute Gasteiger partial charge is 0.350 e. The third kappa shape index (κ3) is 3.56. The maximum atomic E-state index is 12.2. The molecule has 1 unspecified atom stereocenters.